The van der Waals surface area contributed by atoms with E-state index in [2.05, 4.69) is 86.4 Å². The molecule has 0 aliphatic heterocycles. The molecule has 108 valence electrons. The minimum absolute atomic E-state index is 0.559. The normalized spacial score (nSPS) is 11.2. The van der Waals surface area contributed by atoms with Crippen molar-refractivity contribution in [3.63, 3.8) is 0 Å². The van der Waals surface area contributed by atoms with Crippen LogP contribution in [0.5, 0.6) is 0 Å². The minimum Gasteiger partial charge on any atom is -0.295 e. The Hall–Kier alpha value is -0.590. The summed E-state index contributed by atoms with van der Waals surface area (Å²) in [4.78, 5) is 4.76. The number of halogens is 3. The quantitative estimate of drug-likeness (QED) is 0.362. The zero-order valence-corrected chi connectivity index (χ0v) is 15.9. The molecule has 1 aromatic heterocycles. The molecule has 3 aromatic rings. The Morgan fingerprint density at radius 3 is 2.86 bits per heavy atom. The average Bonchev–Trinajstić information content (AvgIpc) is 2.79. The van der Waals surface area contributed by atoms with Gasteiger partial charge in [0, 0.05) is 20.3 Å². The Balaban J connectivity index is 2.33. The van der Waals surface area contributed by atoms with Gasteiger partial charge >= 0.3 is 0 Å². The van der Waals surface area contributed by atoms with E-state index >= 15 is 0 Å². The Kier molecular flexibility index (Phi) is 4.57. The number of benzene rings is 2. The summed E-state index contributed by atoms with van der Waals surface area (Å²) in [5.41, 5.74) is 4.44. The third-order valence-electron chi connectivity index (χ3n) is 3.42. The highest BCUT2D eigenvalue weighted by Gasteiger charge is 2.15. The Morgan fingerprint density at radius 1 is 1.29 bits per heavy atom. The molecule has 0 atom stereocenters. The minimum atomic E-state index is 0.559. The fraction of sp³-hybridized carbons (Fsp3) is 0.188. The molecule has 0 aliphatic rings. The van der Waals surface area contributed by atoms with Gasteiger partial charge in [0.25, 0.3) is 0 Å². The Morgan fingerprint density at radius 2 is 2.10 bits per heavy atom. The second kappa shape index (κ2) is 6.26. The van der Waals surface area contributed by atoms with Gasteiger partial charge in [-0.15, -0.1) is 11.6 Å². The highest BCUT2D eigenvalue weighted by Crippen LogP contribution is 2.30. The lowest BCUT2D eigenvalue weighted by molar-refractivity contribution is 0.908. The lowest BCUT2D eigenvalue weighted by Crippen LogP contribution is -2.03. The fourth-order valence-electron chi connectivity index (χ4n) is 2.43. The SMILES string of the molecule is Cc1cccc(-n2c(CCCl)nc3cc(I)ccc32)c1Br. The summed E-state index contributed by atoms with van der Waals surface area (Å²) in [5.74, 6) is 1.55. The van der Waals surface area contributed by atoms with E-state index in [4.69, 9.17) is 16.6 Å². The predicted molar refractivity (Wildman–Crippen MR) is 101 cm³/mol. The summed E-state index contributed by atoms with van der Waals surface area (Å²) in [5, 5.41) is 0. The first-order chi connectivity index (χ1) is 10.1. The van der Waals surface area contributed by atoms with Crippen LogP contribution in [0.1, 0.15) is 11.4 Å². The summed E-state index contributed by atoms with van der Waals surface area (Å²) < 4.78 is 4.48. The highest BCUT2D eigenvalue weighted by atomic mass is 127. The van der Waals surface area contributed by atoms with Crippen molar-refractivity contribution in [1.29, 1.82) is 0 Å². The van der Waals surface area contributed by atoms with Gasteiger partial charge in [0.15, 0.2) is 0 Å². The molecule has 0 radical (unpaired) electrons. The van der Waals surface area contributed by atoms with Gasteiger partial charge in [0.1, 0.15) is 5.82 Å². The van der Waals surface area contributed by atoms with Crippen LogP contribution in [0.2, 0.25) is 0 Å². The van der Waals surface area contributed by atoms with Crippen molar-refractivity contribution in [2.45, 2.75) is 13.3 Å². The van der Waals surface area contributed by atoms with E-state index in [0.29, 0.717) is 5.88 Å². The molecule has 2 aromatic carbocycles. The molecule has 3 rings (SSSR count). The number of aromatic nitrogens is 2. The molecule has 0 spiro atoms. The number of alkyl halides is 1. The van der Waals surface area contributed by atoms with Gasteiger partial charge in [-0.05, 0) is 75.3 Å². The topological polar surface area (TPSA) is 17.8 Å². The van der Waals surface area contributed by atoms with Crippen LogP contribution in [0.15, 0.2) is 40.9 Å². The molecule has 0 fully saturated rings. The van der Waals surface area contributed by atoms with Crippen LogP contribution in [0, 0.1) is 10.5 Å². The van der Waals surface area contributed by atoms with Crippen molar-refractivity contribution >= 4 is 61.2 Å². The third-order valence-corrected chi connectivity index (χ3v) is 5.31. The first-order valence-electron chi connectivity index (χ1n) is 6.60. The van der Waals surface area contributed by atoms with Crippen LogP contribution in [-0.2, 0) is 6.42 Å². The van der Waals surface area contributed by atoms with Crippen LogP contribution >= 0.6 is 50.1 Å². The lowest BCUT2D eigenvalue weighted by Gasteiger charge is -2.12. The fourth-order valence-corrected chi connectivity index (χ4v) is 3.51. The number of hydrogen-bond acceptors (Lipinski definition) is 1. The summed E-state index contributed by atoms with van der Waals surface area (Å²) in [6.07, 6.45) is 0.743. The van der Waals surface area contributed by atoms with Gasteiger partial charge in [-0.2, -0.15) is 0 Å². The molecular formula is C16H13BrClIN2. The second-order valence-electron chi connectivity index (χ2n) is 4.84. The van der Waals surface area contributed by atoms with Gasteiger partial charge in [-0.3, -0.25) is 4.57 Å². The molecule has 0 saturated heterocycles. The molecule has 0 saturated carbocycles. The van der Waals surface area contributed by atoms with Gasteiger partial charge in [-0.1, -0.05) is 12.1 Å². The van der Waals surface area contributed by atoms with Crippen LogP contribution in [0.25, 0.3) is 16.7 Å². The van der Waals surface area contributed by atoms with E-state index in [0.717, 1.165) is 33.4 Å². The van der Waals surface area contributed by atoms with Gasteiger partial charge in [0.2, 0.25) is 0 Å². The van der Waals surface area contributed by atoms with E-state index in [1.165, 1.54) is 9.13 Å². The summed E-state index contributed by atoms with van der Waals surface area (Å²) in [6.45, 7) is 2.09. The zero-order chi connectivity index (χ0) is 15.0. The number of imidazole rings is 1. The number of nitrogens with zero attached hydrogens (tertiary/aromatic N) is 2. The Bertz CT molecular complexity index is 813. The highest BCUT2D eigenvalue weighted by molar-refractivity contribution is 14.1. The molecule has 21 heavy (non-hydrogen) atoms. The average molecular weight is 476 g/mol. The lowest BCUT2D eigenvalue weighted by atomic mass is 10.2. The van der Waals surface area contributed by atoms with Gasteiger partial charge < -0.3 is 0 Å². The van der Waals surface area contributed by atoms with Gasteiger partial charge in [0.05, 0.1) is 16.7 Å². The third kappa shape index (κ3) is 2.85. The molecule has 0 amide bonds. The van der Waals surface area contributed by atoms with Crippen LogP contribution in [0.4, 0.5) is 0 Å². The summed E-state index contributed by atoms with van der Waals surface area (Å²) in [7, 11) is 0. The maximum Gasteiger partial charge on any atom is 0.115 e. The van der Waals surface area contributed by atoms with Crippen molar-refractivity contribution < 1.29 is 0 Å². The molecule has 0 bridgehead atoms. The number of hydrogen-bond donors (Lipinski definition) is 0. The smallest absolute Gasteiger partial charge is 0.115 e. The van der Waals surface area contributed by atoms with E-state index in [1.807, 2.05) is 0 Å². The maximum absolute atomic E-state index is 5.96. The number of fused-ring (bicyclic) bond motifs is 1. The number of aryl methyl sites for hydroxylation is 2. The molecule has 0 aliphatic carbocycles. The van der Waals surface area contributed by atoms with E-state index in [-0.39, 0.29) is 0 Å². The van der Waals surface area contributed by atoms with E-state index in [1.54, 1.807) is 0 Å². The zero-order valence-electron chi connectivity index (χ0n) is 11.4. The monoisotopic (exact) mass is 474 g/mol. The standard InChI is InChI=1S/C16H13BrClIN2/c1-10-3-2-4-14(16(10)17)21-13-6-5-11(19)9-12(13)20-15(21)7-8-18/h2-6,9H,7-8H2,1H3. The molecule has 2 nitrogen and oxygen atoms in total. The molecule has 0 unspecified atom stereocenters. The number of rotatable bonds is 3. The summed E-state index contributed by atoms with van der Waals surface area (Å²) >= 11 is 12.0. The van der Waals surface area contributed by atoms with Crippen LogP contribution in [0.3, 0.4) is 0 Å². The molecule has 5 heteroatoms. The molecule has 1 heterocycles. The second-order valence-corrected chi connectivity index (χ2v) is 7.26. The van der Waals surface area contributed by atoms with E-state index < -0.39 is 0 Å². The molecule has 0 N–H and O–H groups in total. The predicted octanol–water partition coefficient (Wildman–Crippen LogP) is 5.48. The van der Waals surface area contributed by atoms with Crippen molar-refractivity contribution in [3.05, 3.63) is 55.8 Å². The Labute approximate surface area is 150 Å². The van der Waals surface area contributed by atoms with E-state index in [9.17, 15) is 0 Å². The molecular weight excluding hydrogens is 462 g/mol. The first-order valence-corrected chi connectivity index (χ1v) is 9.01. The van der Waals surface area contributed by atoms with Crippen LogP contribution < -0.4 is 0 Å². The summed E-state index contributed by atoms with van der Waals surface area (Å²) in [6, 6.07) is 12.6. The first kappa shape index (κ1) is 15.3. The largest absolute Gasteiger partial charge is 0.295 e. The van der Waals surface area contributed by atoms with Crippen molar-refractivity contribution in [2.75, 3.05) is 5.88 Å². The van der Waals surface area contributed by atoms with Crippen LogP contribution in [-0.4, -0.2) is 15.4 Å². The van der Waals surface area contributed by atoms with Crippen molar-refractivity contribution in [2.24, 2.45) is 0 Å². The maximum atomic E-state index is 5.96. The van der Waals surface area contributed by atoms with Gasteiger partial charge in [-0.25, -0.2) is 4.98 Å². The van der Waals surface area contributed by atoms with Crippen molar-refractivity contribution in [3.8, 4) is 5.69 Å². The van der Waals surface area contributed by atoms with Crippen molar-refractivity contribution in [1.82, 2.24) is 9.55 Å².